The van der Waals surface area contributed by atoms with Gasteiger partial charge >= 0.3 is 0 Å². The molecule has 0 spiro atoms. The van der Waals surface area contributed by atoms with E-state index in [9.17, 15) is 0 Å². The average molecular weight is 291 g/mol. The molecule has 0 atom stereocenters. The van der Waals surface area contributed by atoms with Crippen LogP contribution in [-0.2, 0) is 6.42 Å². The van der Waals surface area contributed by atoms with E-state index in [0.29, 0.717) is 13.2 Å². The summed E-state index contributed by atoms with van der Waals surface area (Å²) < 4.78 is 11.3. The molecule has 3 nitrogen and oxygen atoms in total. The molecule has 1 N–H and O–H groups in total. The van der Waals surface area contributed by atoms with Crippen LogP contribution < -0.4 is 14.8 Å². The standard InChI is InChI=1S/C16H21NO2S/c1-2-18-15-5-3-4-6-16(15)19-11-10-17-9-7-14-8-12-20-13-14/h3-6,8,12-13,17H,2,7,9-11H2,1H3. The van der Waals surface area contributed by atoms with Crippen molar-refractivity contribution in [2.24, 2.45) is 0 Å². The lowest BCUT2D eigenvalue weighted by atomic mass is 10.2. The molecule has 4 heteroatoms. The first-order valence-corrected chi connectivity index (χ1v) is 7.91. The molecule has 0 aliphatic rings. The molecule has 0 amide bonds. The highest BCUT2D eigenvalue weighted by atomic mass is 32.1. The highest BCUT2D eigenvalue weighted by molar-refractivity contribution is 7.07. The van der Waals surface area contributed by atoms with Crippen LogP contribution in [0.3, 0.4) is 0 Å². The highest BCUT2D eigenvalue weighted by Gasteiger charge is 2.02. The Labute approximate surface area is 124 Å². The molecule has 2 aromatic rings. The van der Waals surface area contributed by atoms with Gasteiger partial charge in [0.2, 0.25) is 0 Å². The molecule has 0 saturated carbocycles. The van der Waals surface area contributed by atoms with Gasteiger partial charge in [-0.15, -0.1) is 0 Å². The van der Waals surface area contributed by atoms with Crippen molar-refractivity contribution < 1.29 is 9.47 Å². The summed E-state index contributed by atoms with van der Waals surface area (Å²) >= 11 is 1.74. The van der Waals surface area contributed by atoms with Crippen molar-refractivity contribution in [1.82, 2.24) is 5.32 Å². The average Bonchev–Trinajstić information content (AvgIpc) is 2.98. The minimum Gasteiger partial charge on any atom is -0.490 e. The maximum absolute atomic E-state index is 5.74. The summed E-state index contributed by atoms with van der Waals surface area (Å²) in [6, 6.07) is 9.96. The number of hydrogen-bond donors (Lipinski definition) is 1. The summed E-state index contributed by atoms with van der Waals surface area (Å²) in [7, 11) is 0. The Morgan fingerprint density at radius 3 is 2.55 bits per heavy atom. The Bertz CT molecular complexity index is 485. The monoisotopic (exact) mass is 291 g/mol. The van der Waals surface area contributed by atoms with Crippen LogP contribution in [0.4, 0.5) is 0 Å². The Balaban J connectivity index is 1.63. The van der Waals surface area contributed by atoms with Gasteiger partial charge in [0.05, 0.1) is 6.61 Å². The Kier molecular flexibility index (Phi) is 6.41. The van der Waals surface area contributed by atoms with Crippen LogP contribution in [0, 0.1) is 0 Å². The minimum atomic E-state index is 0.647. The van der Waals surface area contributed by atoms with Gasteiger partial charge in [-0.25, -0.2) is 0 Å². The second-order valence-corrected chi connectivity index (χ2v) is 5.14. The maximum Gasteiger partial charge on any atom is 0.161 e. The third kappa shape index (κ3) is 4.87. The van der Waals surface area contributed by atoms with Gasteiger partial charge in [-0.3, -0.25) is 0 Å². The van der Waals surface area contributed by atoms with E-state index >= 15 is 0 Å². The molecule has 1 heterocycles. The Hall–Kier alpha value is -1.52. The van der Waals surface area contributed by atoms with Crippen LogP contribution >= 0.6 is 11.3 Å². The van der Waals surface area contributed by atoms with Crippen molar-refractivity contribution in [3.63, 3.8) is 0 Å². The molecule has 2 rings (SSSR count). The van der Waals surface area contributed by atoms with Crippen LogP contribution in [-0.4, -0.2) is 26.3 Å². The summed E-state index contributed by atoms with van der Waals surface area (Å²) in [4.78, 5) is 0. The molecule has 0 unspecified atom stereocenters. The number of nitrogens with one attached hydrogen (secondary N) is 1. The predicted octanol–water partition coefficient (Wildman–Crippen LogP) is 3.36. The summed E-state index contributed by atoms with van der Waals surface area (Å²) in [5.41, 5.74) is 1.39. The van der Waals surface area contributed by atoms with Crippen molar-refractivity contribution in [2.45, 2.75) is 13.3 Å². The van der Waals surface area contributed by atoms with Gasteiger partial charge in [0.1, 0.15) is 6.61 Å². The largest absolute Gasteiger partial charge is 0.490 e. The molecular weight excluding hydrogens is 270 g/mol. The van der Waals surface area contributed by atoms with Gasteiger partial charge in [-0.05, 0) is 54.4 Å². The van der Waals surface area contributed by atoms with Crippen LogP contribution in [0.2, 0.25) is 0 Å². The quantitative estimate of drug-likeness (QED) is 0.719. The van der Waals surface area contributed by atoms with Gasteiger partial charge in [0.25, 0.3) is 0 Å². The second-order valence-electron chi connectivity index (χ2n) is 4.36. The summed E-state index contributed by atoms with van der Waals surface area (Å²) in [5, 5.41) is 7.69. The number of ether oxygens (including phenoxy) is 2. The van der Waals surface area contributed by atoms with Crippen LogP contribution in [0.5, 0.6) is 11.5 Å². The first-order chi connectivity index (χ1) is 9.90. The lowest BCUT2D eigenvalue weighted by molar-refractivity contribution is 0.276. The van der Waals surface area contributed by atoms with Gasteiger partial charge in [-0.2, -0.15) is 11.3 Å². The lowest BCUT2D eigenvalue weighted by Crippen LogP contribution is -2.23. The molecule has 1 aromatic carbocycles. The van der Waals surface area contributed by atoms with E-state index in [1.165, 1.54) is 5.56 Å². The zero-order chi connectivity index (χ0) is 14.0. The molecule has 20 heavy (non-hydrogen) atoms. The summed E-state index contributed by atoms with van der Waals surface area (Å²) in [5.74, 6) is 1.63. The fraction of sp³-hybridized carbons (Fsp3) is 0.375. The van der Waals surface area contributed by atoms with Crippen molar-refractivity contribution in [3.8, 4) is 11.5 Å². The van der Waals surface area contributed by atoms with Crippen molar-refractivity contribution in [3.05, 3.63) is 46.7 Å². The number of rotatable bonds is 9. The molecule has 0 bridgehead atoms. The predicted molar refractivity (Wildman–Crippen MR) is 84.0 cm³/mol. The molecule has 0 saturated heterocycles. The SMILES string of the molecule is CCOc1ccccc1OCCNCCc1ccsc1. The smallest absolute Gasteiger partial charge is 0.161 e. The molecular formula is C16H21NO2S. The number of hydrogen-bond acceptors (Lipinski definition) is 4. The Morgan fingerprint density at radius 1 is 1.05 bits per heavy atom. The van der Waals surface area contributed by atoms with E-state index in [4.69, 9.17) is 9.47 Å². The van der Waals surface area contributed by atoms with E-state index in [2.05, 4.69) is 22.1 Å². The summed E-state index contributed by atoms with van der Waals surface area (Å²) in [6.45, 7) is 5.09. The van der Waals surface area contributed by atoms with Gasteiger partial charge in [0.15, 0.2) is 11.5 Å². The van der Waals surface area contributed by atoms with Crippen LogP contribution in [0.25, 0.3) is 0 Å². The van der Waals surface area contributed by atoms with Gasteiger partial charge < -0.3 is 14.8 Å². The van der Waals surface area contributed by atoms with Crippen molar-refractivity contribution in [1.29, 1.82) is 0 Å². The molecule has 0 aliphatic heterocycles. The number of thiophene rings is 1. The third-order valence-corrected chi connectivity index (χ3v) is 3.59. The molecule has 0 fully saturated rings. The maximum atomic E-state index is 5.74. The first-order valence-electron chi connectivity index (χ1n) is 6.96. The second kappa shape index (κ2) is 8.61. The zero-order valence-electron chi connectivity index (χ0n) is 11.8. The fourth-order valence-electron chi connectivity index (χ4n) is 1.87. The minimum absolute atomic E-state index is 0.647. The summed E-state index contributed by atoms with van der Waals surface area (Å²) in [6.07, 6.45) is 1.07. The van der Waals surface area contributed by atoms with Gasteiger partial charge in [0, 0.05) is 6.54 Å². The Morgan fingerprint density at radius 2 is 1.85 bits per heavy atom. The van der Waals surface area contributed by atoms with E-state index in [1.807, 2.05) is 31.2 Å². The highest BCUT2D eigenvalue weighted by Crippen LogP contribution is 2.25. The van der Waals surface area contributed by atoms with Crippen molar-refractivity contribution >= 4 is 11.3 Å². The topological polar surface area (TPSA) is 30.5 Å². The van der Waals surface area contributed by atoms with Crippen LogP contribution in [0.1, 0.15) is 12.5 Å². The van der Waals surface area contributed by atoms with Crippen LogP contribution in [0.15, 0.2) is 41.1 Å². The van der Waals surface area contributed by atoms with E-state index in [1.54, 1.807) is 11.3 Å². The zero-order valence-corrected chi connectivity index (χ0v) is 12.6. The third-order valence-electron chi connectivity index (χ3n) is 2.86. The van der Waals surface area contributed by atoms with E-state index in [-0.39, 0.29) is 0 Å². The van der Waals surface area contributed by atoms with E-state index < -0.39 is 0 Å². The first kappa shape index (κ1) is 14.9. The van der Waals surface area contributed by atoms with Crippen molar-refractivity contribution in [2.75, 3.05) is 26.3 Å². The normalized spacial score (nSPS) is 10.4. The van der Waals surface area contributed by atoms with Gasteiger partial charge in [-0.1, -0.05) is 12.1 Å². The number of para-hydroxylation sites is 2. The lowest BCUT2D eigenvalue weighted by Gasteiger charge is -2.11. The molecule has 1 aromatic heterocycles. The van der Waals surface area contributed by atoms with E-state index in [0.717, 1.165) is 31.0 Å². The fourth-order valence-corrected chi connectivity index (χ4v) is 2.57. The molecule has 108 valence electrons. The molecule has 0 radical (unpaired) electrons. The number of benzene rings is 1. The molecule has 0 aliphatic carbocycles.